The van der Waals surface area contributed by atoms with Gasteiger partial charge in [0.05, 0.1) is 11.6 Å². The SMILES string of the molecule is C[C@@H](Oc1ccc(Cl)cc1Cl)C(=O)NCCOc1ccccc1. The van der Waals surface area contributed by atoms with Gasteiger partial charge in [-0.3, -0.25) is 4.79 Å². The molecule has 1 amide bonds. The minimum atomic E-state index is -0.676. The molecule has 0 fully saturated rings. The third-order valence-electron chi connectivity index (χ3n) is 2.98. The zero-order chi connectivity index (χ0) is 16.7. The summed E-state index contributed by atoms with van der Waals surface area (Å²) in [5.74, 6) is 0.936. The zero-order valence-electron chi connectivity index (χ0n) is 12.6. The Hall–Kier alpha value is -1.91. The Morgan fingerprint density at radius 2 is 1.91 bits per heavy atom. The number of halogens is 2. The fraction of sp³-hybridized carbons (Fsp3) is 0.235. The predicted octanol–water partition coefficient (Wildman–Crippen LogP) is 3.96. The van der Waals surface area contributed by atoms with E-state index in [0.29, 0.717) is 28.9 Å². The van der Waals surface area contributed by atoms with Crippen molar-refractivity contribution in [2.75, 3.05) is 13.2 Å². The van der Waals surface area contributed by atoms with Crippen LogP contribution in [0.25, 0.3) is 0 Å². The molecule has 6 heteroatoms. The van der Waals surface area contributed by atoms with E-state index < -0.39 is 6.10 Å². The molecule has 0 unspecified atom stereocenters. The van der Waals surface area contributed by atoms with Crippen molar-refractivity contribution in [1.82, 2.24) is 5.32 Å². The molecule has 0 spiro atoms. The lowest BCUT2D eigenvalue weighted by Gasteiger charge is -2.16. The Morgan fingerprint density at radius 1 is 1.17 bits per heavy atom. The van der Waals surface area contributed by atoms with Crippen LogP contribution in [0.3, 0.4) is 0 Å². The second kappa shape index (κ2) is 8.65. The first-order chi connectivity index (χ1) is 11.1. The molecule has 2 aromatic rings. The second-order valence-electron chi connectivity index (χ2n) is 4.79. The summed E-state index contributed by atoms with van der Waals surface area (Å²) in [5.41, 5.74) is 0. The van der Waals surface area contributed by atoms with E-state index in [9.17, 15) is 4.79 Å². The minimum absolute atomic E-state index is 0.243. The number of rotatable bonds is 7. The van der Waals surface area contributed by atoms with Gasteiger partial charge in [-0.15, -0.1) is 0 Å². The van der Waals surface area contributed by atoms with E-state index in [1.54, 1.807) is 25.1 Å². The number of para-hydroxylation sites is 1. The first kappa shape index (κ1) is 17.4. The topological polar surface area (TPSA) is 47.6 Å². The lowest BCUT2D eigenvalue weighted by atomic mass is 10.3. The predicted molar refractivity (Wildman–Crippen MR) is 91.5 cm³/mol. The highest BCUT2D eigenvalue weighted by Gasteiger charge is 2.15. The van der Waals surface area contributed by atoms with Gasteiger partial charge in [-0.05, 0) is 37.3 Å². The molecule has 0 aliphatic heterocycles. The molecule has 0 radical (unpaired) electrons. The van der Waals surface area contributed by atoms with Gasteiger partial charge in [-0.2, -0.15) is 0 Å². The zero-order valence-corrected chi connectivity index (χ0v) is 14.1. The average molecular weight is 354 g/mol. The molecule has 0 heterocycles. The summed E-state index contributed by atoms with van der Waals surface area (Å²) in [5, 5.41) is 3.62. The molecular formula is C17H17Cl2NO3. The highest BCUT2D eigenvalue weighted by atomic mass is 35.5. The van der Waals surface area contributed by atoms with Crippen LogP contribution in [0.5, 0.6) is 11.5 Å². The summed E-state index contributed by atoms with van der Waals surface area (Å²) in [7, 11) is 0. The van der Waals surface area contributed by atoms with E-state index in [0.717, 1.165) is 5.75 Å². The summed E-state index contributed by atoms with van der Waals surface area (Å²) in [6.07, 6.45) is -0.676. The van der Waals surface area contributed by atoms with Crippen molar-refractivity contribution >= 4 is 29.1 Å². The molecule has 0 bridgehead atoms. The molecule has 0 aliphatic carbocycles. The maximum absolute atomic E-state index is 12.0. The van der Waals surface area contributed by atoms with Gasteiger partial charge in [0.1, 0.15) is 18.1 Å². The average Bonchev–Trinajstić information content (AvgIpc) is 2.55. The fourth-order valence-electron chi connectivity index (χ4n) is 1.82. The van der Waals surface area contributed by atoms with Gasteiger partial charge in [-0.25, -0.2) is 0 Å². The summed E-state index contributed by atoms with van der Waals surface area (Å²) >= 11 is 11.8. The molecule has 2 aromatic carbocycles. The molecule has 4 nitrogen and oxygen atoms in total. The van der Waals surface area contributed by atoms with Crippen molar-refractivity contribution in [3.63, 3.8) is 0 Å². The lowest BCUT2D eigenvalue weighted by Crippen LogP contribution is -2.38. The van der Waals surface area contributed by atoms with Gasteiger partial charge in [0, 0.05) is 5.02 Å². The molecule has 0 saturated carbocycles. The summed E-state index contributed by atoms with van der Waals surface area (Å²) < 4.78 is 11.0. The molecule has 1 atom stereocenters. The summed E-state index contributed by atoms with van der Waals surface area (Å²) in [6, 6.07) is 14.3. The standard InChI is InChI=1S/C17H17Cl2NO3/c1-12(23-16-8-7-13(18)11-15(16)19)17(21)20-9-10-22-14-5-3-2-4-6-14/h2-8,11-12H,9-10H2,1H3,(H,20,21)/t12-/m1/s1. The lowest BCUT2D eigenvalue weighted by molar-refractivity contribution is -0.127. The molecular weight excluding hydrogens is 337 g/mol. The molecule has 2 rings (SSSR count). The van der Waals surface area contributed by atoms with Crippen molar-refractivity contribution in [3.8, 4) is 11.5 Å². The molecule has 23 heavy (non-hydrogen) atoms. The quantitative estimate of drug-likeness (QED) is 0.766. The van der Waals surface area contributed by atoms with Gasteiger partial charge < -0.3 is 14.8 Å². The summed E-state index contributed by atoms with van der Waals surface area (Å²) in [6.45, 7) is 2.41. The molecule has 0 aromatic heterocycles. The number of ether oxygens (including phenoxy) is 2. The van der Waals surface area contributed by atoms with Crippen molar-refractivity contribution in [1.29, 1.82) is 0 Å². The van der Waals surface area contributed by atoms with Crippen LogP contribution in [0, 0.1) is 0 Å². The highest BCUT2D eigenvalue weighted by Crippen LogP contribution is 2.28. The van der Waals surface area contributed by atoms with Crippen LogP contribution in [0.15, 0.2) is 48.5 Å². The maximum atomic E-state index is 12.0. The Labute approximate surface area is 145 Å². The van der Waals surface area contributed by atoms with Crippen LogP contribution < -0.4 is 14.8 Å². The number of nitrogens with one attached hydrogen (secondary N) is 1. The number of amides is 1. The number of carbonyl (C=O) groups excluding carboxylic acids is 1. The molecule has 1 N–H and O–H groups in total. The van der Waals surface area contributed by atoms with Gasteiger partial charge in [0.15, 0.2) is 6.10 Å². The molecule has 122 valence electrons. The normalized spacial score (nSPS) is 11.6. The Kier molecular flexibility index (Phi) is 6.56. The van der Waals surface area contributed by atoms with Crippen molar-refractivity contribution in [2.45, 2.75) is 13.0 Å². The fourth-order valence-corrected chi connectivity index (χ4v) is 2.27. The van der Waals surface area contributed by atoms with Crippen LogP contribution in [-0.2, 0) is 4.79 Å². The number of carbonyl (C=O) groups is 1. The Bertz CT molecular complexity index is 650. The Morgan fingerprint density at radius 3 is 2.61 bits per heavy atom. The monoisotopic (exact) mass is 353 g/mol. The number of hydrogen-bond acceptors (Lipinski definition) is 3. The van der Waals surface area contributed by atoms with E-state index in [-0.39, 0.29) is 5.91 Å². The largest absolute Gasteiger partial charge is 0.492 e. The number of benzene rings is 2. The van der Waals surface area contributed by atoms with Gasteiger partial charge in [-0.1, -0.05) is 41.4 Å². The van der Waals surface area contributed by atoms with E-state index in [1.807, 2.05) is 30.3 Å². The first-order valence-electron chi connectivity index (χ1n) is 7.13. The first-order valence-corrected chi connectivity index (χ1v) is 7.89. The van der Waals surface area contributed by atoms with Crippen LogP contribution >= 0.6 is 23.2 Å². The maximum Gasteiger partial charge on any atom is 0.260 e. The number of hydrogen-bond donors (Lipinski definition) is 1. The van der Waals surface area contributed by atoms with Crippen LogP contribution in [0.2, 0.25) is 10.0 Å². The smallest absolute Gasteiger partial charge is 0.260 e. The van der Waals surface area contributed by atoms with Crippen LogP contribution in [0.4, 0.5) is 0 Å². The van der Waals surface area contributed by atoms with Crippen molar-refractivity contribution in [2.24, 2.45) is 0 Å². The second-order valence-corrected chi connectivity index (χ2v) is 5.63. The van der Waals surface area contributed by atoms with Crippen molar-refractivity contribution < 1.29 is 14.3 Å². The molecule has 0 saturated heterocycles. The highest BCUT2D eigenvalue weighted by molar-refractivity contribution is 6.35. The summed E-state index contributed by atoms with van der Waals surface area (Å²) in [4.78, 5) is 12.0. The third-order valence-corrected chi connectivity index (χ3v) is 3.51. The van der Waals surface area contributed by atoms with E-state index in [1.165, 1.54) is 0 Å². The van der Waals surface area contributed by atoms with E-state index in [4.69, 9.17) is 32.7 Å². The Balaban J connectivity index is 1.74. The van der Waals surface area contributed by atoms with Gasteiger partial charge in [0.25, 0.3) is 5.91 Å². The van der Waals surface area contributed by atoms with Crippen LogP contribution in [-0.4, -0.2) is 25.2 Å². The van der Waals surface area contributed by atoms with Gasteiger partial charge in [0.2, 0.25) is 0 Å². The van der Waals surface area contributed by atoms with Crippen LogP contribution in [0.1, 0.15) is 6.92 Å². The third kappa shape index (κ3) is 5.66. The van der Waals surface area contributed by atoms with E-state index >= 15 is 0 Å². The van der Waals surface area contributed by atoms with Gasteiger partial charge >= 0.3 is 0 Å². The molecule has 0 aliphatic rings. The minimum Gasteiger partial charge on any atom is -0.492 e. The van der Waals surface area contributed by atoms with E-state index in [2.05, 4.69) is 5.32 Å². The van der Waals surface area contributed by atoms with Crippen molar-refractivity contribution in [3.05, 3.63) is 58.6 Å².